The highest BCUT2D eigenvalue weighted by molar-refractivity contribution is 5.90. The minimum atomic E-state index is -1.65. The molecule has 4 atom stereocenters. The first kappa shape index (κ1) is 29.1. The molecular formula is C38H38N2O5. The number of nitrogens with one attached hydrogen (secondary N) is 1. The Balaban J connectivity index is 1.35. The van der Waals surface area contributed by atoms with Gasteiger partial charge in [0.2, 0.25) is 5.91 Å². The van der Waals surface area contributed by atoms with Crippen molar-refractivity contribution in [2.45, 2.75) is 30.0 Å². The van der Waals surface area contributed by atoms with Crippen molar-refractivity contribution < 1.29 is 24.5 Å². The molecule has 2 heterocycles. The lowest BCUT2D eigenvalue weighted by Crippen LogP contribution is -2.60. The Morgan fingerprint density at radius 2 is 1.51 bits per heavy atom. The molecule has 7 rings (SSSR count). The number of H-pyrrole nitrogens is 1. The first-order chi connectivity index (χ1) is 21.9. The van der Waals surface area contributed by atoms with Gasteiger partial charge in [0.1, 0.15) is 17.1 Å². The summed E-state index contributed by atoms with van der Waals surface area (Å²) in [5, 5.41) is 25.9. The van der Waals surface area contributed by atoms with Gasteiger partial charge in [-0.05, 0) is 53.3 Å². The molecule has 5 aromatic rings. The van der Waals surface area contributed by atoms with Crippen molar-refractivity contribution in [3.63, 3.8) is 0 Å². The maximum absolute atomic E-state index is 14.2. The summed E-state index contributed by atoms with van der Waals surface area (Å²) < 4.78 is 11.2. The van der Waals surface area contributed by atoms with Crippen LogP contribution >= 0.6 is 0 Å². The van der Waals surface area contributed by atoms with E-state index in [1.807, 2.05) is 90.0 Å². The van der Waals surface area contributed by atoms with E-state index in [0.717, 1.165) is 33.3 Å². The second-order valence-corrected chi connectivity index (χ2v) is 12.4. The van der Waals surface area contributed by atoms with Crippen molar-refractivity contribution >= 4 is 16.8 Å². The molecule has 0 spiro atoms. The molecule has 0 bridgehead atoms. The quantitative estimate of drug-likeness (QED) is 0.231. The molecule has 1 saturated carbocycles. The number of benzene rings is 4. The maximum atomic E-state index is 14.2. The minimum absolute atomic E-state index is 0.0278. The van der Waals surface area contributed by atoms with E-state index in [2.05, 4.69) is 29.2 Å². The van der Waals surface area contributed by atoms with Crippen LogP contribution in [0.1, 0.15) is 28.7 Å². The zero-order valence-corrected chi connectivity index (χ0v) is 25.5. The highest BCUT2D eigenvalue weighted by Crippen LogP contribution is 2.60. The van der Waals surface area contributed by atoms with Crippen molar-refractivity contribution in [3.8, 4) is 11.5 Å². The summed E-state index contributed by atoms with van der Waals surface area (Å²) in [6, 6.07) is 33.6. The third kappa shape index (κ3) is 4.61. The van der Waals surface area contributed by atoms with Crippen molar-refractivity contribution in [2.75, 3.05) is 27.3 Å². The lowest BCUT2D eigenvalue weighted by molar-refractivity contribution is -0.168. The lowest BCUT2D eigenvalue weighted by atomic mass is 9.51. The standard InChI is InChI=1S/C38H38N2O5/c1-44-28-17-18-33-29(20-28)25(22-39-33)19-36(42)40-23-31-32(24-40)38(43,30-15-9-10-16-34(30)45-2)35(41)21-37(31,26-11-5-3-6-12-26)27-13-7-4-8-14-27/h3-18,20,22,31-32,35,39,41,43H,19,21,23-24H2,1-2H3. The Morgan fingerprint density at radius 3 is 2.18 bits per heavy atom. The molecule has 4 aromatic carbocycles. The molecule has 1 aromatic heterocycles. The lowest BCUT2D eigenvalue weighted by Gasteiger charge is -2.55. The highest BCUT2D eigenvalue weighted by atomic mass is 16.5. The number of ether oxygens (including phenoxy) is 2. The third-order valence-corrected chi connectivity index (χ3v) is 10.3. The monoisotopic (exact) mass is 602 g/mol. The molecular weight excluding hydrogens is 564 g/mol. The first-order valence-corrected chi connectivity index (χ1v) is 15.5. The Morgan fingerprint density at radius 1 is 0.867 bits per heavy atom. The van der Waals surface area contributed by atoms with Gasteiger partial charge in [-0.25, -0.2) is 0 Å². The fourth-order valence-corrected chi connectivity index (χ4v) is 8.17. The minimum Gasteiger partial charge on any atom is -0.497 e. The predicted octanol–water partition coefficient (Wildman–Crippen LogP) is 5.44. The average Bonchev–Trinajstić information content (AvgIpc) is 3.73. The number of hydrogen-bond acceptors (Lipinski definition) is 5. The second-order valence-electron chi connectivity index (χ2n) is 12.4. The van der Waals surface area contributed by atoms with Crippen molar-refractivity contribution in [2.24, 2.45) is 11.8 Å². The van der Waals surface area contributed by atoms with E-state index in [0.29, 0.717) is 24.4 Å². The van der Waals surface area contributed by atoms with Gasteiger partial charge >= 0.3 is 0 Å². The van der Waals surface area contributed by atoms with E-state index < -0.39 is 23.0 Å². The van der Waals surface area contributed by atoms with E-state index in [4.69, 9.17) is 9.47 Å². The van der Waals surface area contributed by atoms with Crippen LogP contribution in [0.15, 0.2) is 109 Å². The van der Waals surface area contributed by atoms with Gasteiger partial charge in [0.15, 0.2) is 0 Å². The number of carbonyl (C=O) groups excluding carboxylic acids is 1. The smallest absolute Gasteiger partial charge is 0.227 e. The summed E-state index contributed by atoms with van der Waals surface area (Å²) in [4.78, 5) is 19.4. The Bertz CT molecular complexity index is 1780. The molecule has 2 fully saturated rings. The zero-order chi connectivity index (χ0) is 31.2. The molecule has 7 heteroatoms. The van der Waals surface area contributed by atoms with E-state index in [1.165, 1.54) is 0 Å². The molecule has 4 unspecified atom stereocenters. The normalized spacial score (nSPS) is 23.9. The molecule has 45 heavy (non-hydrogen) atoms. The van der Waals surface area contributed by atoms with Gasteiger partial charge in [-0.3, -0.25) is 4.79 Å². The number of para-hydroxylation sites is 1. The van der Waals surface area contributed by atoms with Gasteiger partial charge in [-0.2, -0.15) is 0 Å². The van der Waals surface area contributed by atoms with Crippen molar-refractivity contribution in [1.29, 1.82) is 0 Å². The molecule has 1 amide bonds. The number of amides is 1. The number of carbonyl (C=O) groups is 1. The van der Waals surface area contributed by atoms with Gasteiger partial charge in [0, 0.05) is 47.1 Å². The number of fused-ring (bicyclic) bond motifs is 2. The molecule has 230 valence electrons. The van der Waals surface area contributed by atoms with Crippen LogP contribution in [0.25, 0.3) is 10.9 Å². The summed E-state index contributed by atoms with van der Waals surface area (Å²) in [5.41, 5.74) is 2.20. The van der Waals surface area contributed by atoms with Crippen LogP contribution in [-0.4, -0.2) is 59.4 Å². The fraction of sp³-hybridized carbons (Fsp3) is 0.289. The van der Waals surface area contributed by atoms with Crippen molar-refractivity contribution in [1.82, 2.24) is 9.88 Å². The van der Waals surface area contributed by atoms with Crippen LogP contribution in [0.5, 0.6) is 11.5 Å². The number of aromatic amines is 1. The highest BCUT2D eigenvalue weighted by Gasteiger charge is 2.64. The summed E-state index contributed by atoms with van der Waals surface area (Å²) >= 11 is 0. The molecule has 2 aliphatic rings. The van der Waals surface area contributed by atoms with E-state index in [-0.39, 0.29) is 24.7 Å². The Kier molecular flexibility index (Phi) is 7.38. The summed E-state index contributed by atoms with van der Waals surface area (Å²) in [6.07, 6.45) is 1.23. The number of likely N-dealkylation sites (tertiary alicyclic amines) is 1. The molecule has 1 saturated heterocycles. The van der Waals surface area contributed by atoms with Crippen molar-refractivity contribution in [3.05, 3.63) is 132 Å². The largest absolute Gasteiger partial charge is 0.497 e. The Hall–Kier alpha value is -4.59. The summed E-state index contributed by atoms with van der Waals surface area (Å²) in [5.74, 6) is 0.536. The number of nitrogens with zero attached hydrogens (tertiary/aromatic N) is 1. The van der Waals surface area contributed by atoms with Gasteiger partial charge in [-0.15, -0.1) is 0 Å². The number of methoxy groups -OCH3 is 2. The number of hydrogen-bond donors (Lipinski definition) is 3. The van der Waals surface area contributed by atoms with Gasteiger partial charge in [-0.1, -0.05) is 78.9 Å². The van der Waals surface area contributed by atoms with Crippen LogP contribution in [0.3, 0.4) is 0 Å². The van der Waals surface area contributed by atoms with Crippen LogP contribution in [0.4, 0.5) is 0 Å². The maximum Gasteiger partial charge on any atom is 0.227 e. The fourth-order valence-electron chi connectivity index (χ4n) is 8.17. The zero-order valence-electron chi connectivity index (χ0n) is 25.5. The molecule has 7 nitrogen and oxygen atoms in total. The van der Waals surface area contributed by atoms with Crippen LogP contribution < -0.4 is 9.47 Å². The second kappa shape index (κ2) is 11.4. The van der Waals surface area contributed by atoms with Gasteiger partial charge < -0.3 is 29.6 Å². The summed E-state index contributed by atoms with van der Waals surface area (Å²) in [6.45, 7) is 0.728. The van der Waals surface area contributed by atoms with Crippen LogP contribution in [-0.2, 0) is 22.2 Å². The van der Waals surface area contributed by atoms with Crippen LogP contribution in [0, 0.1) is 11.8 Å². The SMILES string of the molecule is COc1ccc2[nH]cc(CC(=O)N3CC4C(C3)C(O)(c3ccccc3OC)C(O)CC4(c3ccccc3)c3ccccc3)c2c1. The van der Waals surface area contributed by atoms with Gasteiger partial charge in [0.05, 0.1) is 26.7 Å². The first-order valence-electron chi connectivity index (χ1n) is 15.5. The third-order valence-electron chi connectivity index (χ3n) is 10.3. The van der Waals surface area contributed by atoms with E-state index in [1.54, 1.807) is 14.2 Å². The van der Waals surface area contributed by atoms with E-state index in [9.17, 15) is 15.0 Å². The topological polar surface area (TPSA) is 95.0 Å². The number of aliphatic hydroxyl groups excluding tert-OH is 1. The number of aliphatic hydroxyl groups is 2. The molecule has 1 aliphatic carbocycles. The number of rotatable bonds is 7. The molecule has 3 N–H and O–H groups in total. The number of aromatic nitrogens is 1. The Labute approximate surface area is 263 Å². The summed E-state index contributed by atoms with van der Waals surface area (Å²) in [7, 11) is 3.21. The van der Waals surface area contributed by atoms with Gasteiger partial charge in [0.25, 0.3) is 0 Å². The molecule has 1 aliphatic heterocycles. The average molecular weight is 603 g/mol. The molecule has 0 radical (unpaired) electrons. The van der Waals surface area contributed by atoms with E-state index >= 15 is 0 Å². The predicted molar refractivity (Wildman–Crippen MR) is 173 cm³/mol. The van der Waals surface area contributed by atoms with Crippen LogP contribution in [0.2, 0.25) is 0 Å².